The Morgan fingerprint density at radius 2 is 1.95 bits per heavy atom. The van der Waals surface area contributed by atoms with Crippen molar-refractivity contribution in [1.82, 2.24) is 10.4 Å². The molecule has 0 fully saturated rings. The first-order valence-corrected chi connectivity index (χ1v) is 7.36. The number of hydrogen-bond acceptors (Lipinski definition) is 4. The lowest BCUT2D eigenvalue weighted by Gasteiger charge is -2.12. The van der Waals surface area contributed by atoms with Crippen LogP contribution in [0.15, 0.2) is 35.7 Å². The number of amides is 2. The van der Waals surface area contributed by atoms with Crippen LogP contribution in [-0.2, 0) is 0 Å². The number of thiophene rings is 1. The fraction of sp³-hybridized carbons (Fsp3) is 0.143. The zero-order chi connectivity index (χ0) is 15.4. The summed E-state index contributed by atoms with van der Waals surface area (Å²) in [6.07, 6.45) is 0. The normalized spacial score (nSPS) is 10.5. The van der Waals surface area contributed by atoms with E-state index >= 15 is 0 Å². The van der Waals surface area contributed by atoms with Crippen LogP contribution in [0.3, 0.4) is 0 Å². The first-order chi connectivity index (χ1) is 9.97. The highest BCUT2D eigenvalue weighted by Gasteiger charge is 2.16. The molecule has 2 aromatic rings. The van der Waals surface area contributed by atoms with Crippen LogP contribution in [0.1, 0.15) is 20.7 Å². The number of rotatable bonds is 4. The Hall–Kier alpha value is -1.89. The van der Waals surface area contributed by atoms with E-state index in [4.69, 9.17) is 11.6 Å². The topological polar surface area (TPSA) is 61.4 Å². The number of anilines is 1. The van der Waals surface area contributed by atoms with Crippen molar-refractivity contribution in [1.29, 1.82) is 0 Å². The van der Waals surface area contributed by atoms with Crippen molar-refractivity contribution in [3.8, 4) is 0 Å². The highest BCUT2D eigenvalue weighted by Crippen LogP contribution is 2.24. The monoisotopic (exact) mass is 323 g/mol. The fourth-order valence-corrected chi connectivity index (χ4v) is 2.62. The van der Waals surface area contributed by atoms with Crippen molar-refractivity contribution in [2.45, 2.75) is 0 Å². The van der Waals surface area contributed by atoms with Crippen LogP contribution in [0.25, 0.3) is 0 Å². The highest BCUT2D eigenvalue weighted by atomic mass is 35.5. The maximum atomic E-state index is 12.2. The van der Waals surface area contributed by atoms with Gasteiger partial charge in [-0.3, -0.25) is 15.0 Å². The van der Waals surface area contributed by atoms with Gasteiger partial charge < -0.3 is 5.32 Å². The summed E-state index contributed by atoms with van der Waals surface area (Å²) in [7, 11) is 3.43. The summed E-state index contributed by atoms with van der Waals surface area (Å²) in [6, 6.07) is 8.29. The van der Waals surface area contributed by atoms with E-state index < -0.39 is 0 Å². The largest absolute Gasteiger partial charge is 0.313 e. The summed E-state index contributed by atoms with van der Waals surface area (Å²) < 4.78 is 0. The van der Waals surface area contributed by atoms with Crippen LogP contribution in [0.4, 0.5) is 5.00 Å². The van der Waals surface area contributed by atoms with Gasteiger partial charge in [0.15, 0.2) is 0 Å². The van der Waals surface area contributed by atoms with Gasteiger partial charge in [-0.05, 0) is 29.6 Å². The van der Waals surface area contributed by atoms with Crippen molar-refractivity contribution in [3.63, 3.8) is 0 Å². The number of halogens is 1. The maximum absolute atomic E-state index is 12.2. The smallest absolute Gasteiger partial charge is 0.268 e. The van der Waals surface area contributed by atoms with E-state index in [0.717, 1.165) is 0 Å². The predicted octanol–water partition coefficient (Wildman–Crippen LogP) is 2.86. The van der Waals surface area contributed by atoms with Crippen LogP contribution in [-0.4, -0.2) is 30.9 Å². The molecule has 0 atom stereocenters. The van der Waals surface area contributed by atoms with E-state index in [9.17, 15) is 9.59 Å². The summed E-state index contributed by atoms with van der Waals surface area (Å²) in [5, 5.41) is 7.01. The second kappa shape index (κ2) is 6.71. The lowest BCUT2D eigenvalue weighted by atomic mass is 10.2. The first-order valence-electron chi connectivity index (χ1n) is 6.10. The van der Waals surface area contributed by atoms with Gasteiger partial charge in [-0.15, -0.1) is 11.3 Å². The molecule has 0 aliphatic rings. The van der Waals surface area contributed by atoms with E-state index in [2.05, 4.69) is 10.7 Å². The Labute approximate surface area is 131 Å². The summed E-state index contributed by atoms with van der Waals surface area (Å²) in [6.45, 7) is 0. The third-order valence-electron chi connectivity index (χ3n) is 2.55. The molecular formula is C14H14ClN3O2S. The zero-order valence-corrected chi connectivity index (χ0v) is 13.1. The second-order valence-electron chi connectivity index (χ2n) is 4.46. The number of hydrazine groups is 1. The van der Waals surface area contributed by atoms with E-state index in [-0.39, 0.29) is 11.8 Å². The number of benzene rings is 1. The predicted molar refractivity (Wildman–Crippen MR) is 84.9 cm³/mol. The summed E-state index contributed by atoms with van der Waals surface area (Å²) >= 11 is 7.15. The lowest BCUT2D eigenvalue weighted by Crippen LogP contribution is -2.36. The van der Waals surface area contributed by atoms with Crippen molar-refractivity contribution in [2.75, 3.05) is 19.4 Å². The van der Waals surface area contributed by atoms with Gasteiger partial charge in [-0.25, -0.2) is 5.01 Å². The Kier molecular flexibility index (Phi) is 4.95. The molecule has 2 amide bonds. The van der Waals surface area contributed by atoms with Gasteiger partial charge in [0, 0.05) is 24.7 Å². The number of carbonyl (C=O) groups excluding carboxylic acids is 2. The molecule has 1 aromatic heterocycles. The molecule has 0 saturated heterocycles. The van der Waals surface area contributed by atoms with Crippen molar-refractivity contribution < 1.29 is 9.59 Å². The minimum atomic E-state index is -0.307. The van der Waals surface area contributed by atoms with Crippen molar-refractivity contribution in [3.05, 3.63) is 51.9 Å². The Bertz CT molecular complexity index is 670. The van der Waals surface area contributed by atoms with Gasteiger partial charge in [0.05, 0.1) is 5.56 Å². The quantitative estimate of drug-likeness (QED) is 0.851. The fourth-order valence-electron chi connectivity index (χ4n) is 1.65. The molecule has 0 bridgehead atoms. The van der Waals surface area contributed by atoms with Crippen LogP contribution in [0, 0.1) is 0 Å². The van der Waals surface area contributed by atoms with Crippen LogP contribution in [0.5, 0.6) is 0 Å². The molecule has 2 rings (SSSR count). The van der Waals surface area contributed by atoms with E-state index in [1.807, 2.05) is 0 Å². The van der Waals surface area contributed by atoms with Gasteiger partial charge in [0.2, 0.25) is 0 Å². The van der Waals surface area contributed by atoms with Crippen LogP contribution >= 0.6 is 22.9 Å². The second-order valence-corrected chi connectivity index (χ2v) is 5.82. The Balaban J connectivity index is 2.15. The van der Waals surface area contributed by atoms with E-state index in [1.165, 1.54) is 11.3 Å². The maximum Gasteiger partial charge on any atom is 0.268 e. The van der Waals surface area contributed by atoms with Gasteiger partial charge in [0.1, 0.15) is 5.00 Å². The van der Waals surface area contributed by atoms with Gasteiger partial charge in [-0.2, -0.15) is 0 Å². The molecule has 0 saturated carbocycles. The van der Waals surface area contributed by atoms with Gasteiger partial charge >= 0.3 is 0 Å². The average Bonchev–Trinajstić information content (AvgIpc) is 2.86. The number of carbonyl (C=O) groups is 2. The molecule has 0 aliphatic carbocycles. The molecule has 1 aromatic carbocycles. The SMILES string of the molecule is CN(C)NC(=O)c1ccsc1NC(=O)c1cccc(Cl)c1. The van der Waals surface area contributed by atoms with Crippen molar-refractivity contribution in [2.24, 2.45) is 0 Å². The molecule has 1 heterocycles. The van der Waals surface area contributed by atoms with Crippen LogP contribution in [0.2, 0.25) is 5.02 Å². The summed E-state index contributed by atoms with van der Waals surface area (Å²) in [5.41, 5.74) is 3.50. The standard InChI is InChI=1S/C14H14ClN3O2S/c1-18(2)17-13(20)11-6-7-21-14(11)16-12(19)9-4-3-5-10(15)8-9/h3-8H,1-2H3,(H,16,19)(H,17,20). The summed E-state index contributed by atoms with van der Waals surface area (Å²) in [5.74, 6) is -0.582. The molecular weight excluding hydrogens is 310 g/mol. The number of nitrogens with one attached hydrogen (secondary N) is 2. The molecule has 0 aliphatic heterocycles. The minimum absolute atomic E-state index is 0.275. The molecule has 21 heavy (non-hydrogen) atoms. The number of hydrogen-bond donors (Lipinski definition) is 2. The Morgan fingerprint density at radius 1 is 1.19 bits per heavy atom. The average molecular weight is 324 g/mol. The molecule has 0 spiro atoms. The number of nitrogens with zero attached hydrogens (tertiary/aromatic N) is 1. The zero-order valence-electron chi connectivity index (χ0n) is 11.5. The third-order valence-corrected chi connectivity index (χ3v) is 3.61. The summed E-state index contributed by atoms with van der Waals surface area (Å²) in [4.78, 5) is 24.1. The van der Waals surface area contributed by atoms with Crippen molar-refractivity contribution >= 4 is 39.8 Å². The first kappa shape index (κ1) is 15.5. The van der Waals surface area contributed by atoms with E-state index in [1.54, 1.807) is 54.8 Å². The Morgan fingerprint density at radius 3 is 2.62 bits per heavy atom. The molecule has 2 N–H and O–H groups in total. The van der Waals surface area contributed by atoms with Gasteiger partial charge in [0.25, 0.3) is 11.8 Å². The molecule has 0 radical (unpaired) electrons. The molecule has 7 heteroatoms. The third kappa shape index (κ3) is 4.04. The minimum Gasteiger partial charge on any atom is -0.313 e. The molecule has 5 nitrogen and oxygen atoms in total. The molecule has 0 unspecified atom stereocenters. The van der Waals surface area contributed by atoms with Crippen LogP contribution < -0.4 is 10.7 Å². The van der Waals surface area contributed by atoms with Gasteiger partial charge in [-0.1, -0.05) is 17.7 Å². The lowest BCUT2D eigenvalue weighted by molar-refractivity contribution is 0.0858. The highest BCUT2D eigenvalue weighted by molar-refractivity contribution is 7.14. The molecule has 110 valence electrons. The van der Waals surface area contributed by atoms with E-state index in [0.29, 0.717) is 21.2 Å².